The van der Waals surface area contributed by atoms with Gasteiger partial charge in [0.15, 0.2) is 0 Å². The van der Waals surface area contributed by atoms with Crippen LogP contribution in [0.2, 0.25) is 0 Å². The van der Waals surface area contributed by atoms with E-state index in [-0.39, 0.29) is 0 Å². The van der Waals surface area contributed by atoms with Gasteiger partial charge in [-0.25, -0.2) is 0 Å². The van der Waals surface area contributed by atoms with Crippen LogP contribution in [0.15, 0.2) is 30.3 Å². The predicted molar refractivity (Wildman–Crippen MR) is 80.6 cm³/mol. The highest BCUT2D eigenvalue weighted by Crippen LogP contribution is 2.19. The number of nitrogens with one attached hydrogen (secondary N) is 1. The molecule has 3 nitrogen and oxygen atoms in total. The van der Waals surface area contributed by atoms with Gasteiger partial charge in [-0.3, -0.25) is 4.90 Å². The van der Waals surface area contributed by atoms with Gasteiger partial charge in [-0.1, -0.05) is 18.2 Å². The first-order chi connectivity index (χ1) is 9.29. The molecule has 1 aliphatic rings. The first kappa shape index (κ1) is 14.4. The summed E-state index contributed by atoms with van der Waals surface area (Å²) >= 11 is 0. The molecule has 0 aliphatic carbocycles. The number of para-hydroxylation sites is 1. The zero-order valence-electron chi connectivity index (χ0n) is 12.1. The molecule has 0 amide bonds. The number of benzene rings is 1. The number of piperidine rings is 1. The molecule has 1 unspecified atom stereocenters. The van der Waals surface area contributed by atoms with E-state index in [1.54, 1.807) is 7.11 Å². The molecule has 0 saturated carbocycles. The summed E-state index contributed by atoms with van der Waals surface area (Å²) in [5.41, 5.74) is 1.21. The van der Waals surface area contributed by atoms with Crippen LogP contribution in [0.3, 0.4) is 0 Å². The molecule has 1 fully saturated rings. The lowest BCUT2D eigenvalue weighted by Crippen LogP contribution is -2.43. The standard InChI is InChI=1S/C16H26N2O/c1-14(12-17-16-6-4-3-5-7-16)18-10-8-15(9-11-18)13-19-2/h3-7,14-15,17H,8-13H2,1-2H3. The molecular formula is C16H26N2O. The second-order valence-electron chi connectivity index (χ2n) is 5.53. The molecule has 1 aliphatic heterocycles. The van der Waals surface area contributed by atoms with Crippen LogP contribution in [0.25, 0.3) is 0 Å². The van der Waals surface area contributed by atoms with Crippen LogP contribution in [-0.4, -0.2) is 44.3 Å². The molecule has 0 spiro atoms. The van der Waals surface area contributed by atoms with Gasteiger partial charge < -0.3 is 10.1 Å². The van der Waals surface area contributed by atoms with Crippen LogP contribution < -0.4 is 5.32 Å². The third-order valence-electron chi connectivity index (χ3n) is 4.05. The topological polar surface area (TPSA) is 24.5 Å². The van der Waals surface area contributed by atoms with Crippen molar-refractivity contribution in [1.82, 2.24) is 4.90 Å². The zero-order chi connectivity index (χ0) is 13.5. The monoisotopic (exact) mass is 262 g/mol. The number of rotatable bonds is 6. The van der Waals surface area contributed by atoms with Gasteiger partial charge >= 0.3 is 0 Å². The van der Waals surface area contributed by atoms with Crippen LogP contribution >= 0.6 is 0 Å². The minimum absolute atomic E-state index is 0.587. The van der Waals surface area contributed by atoms with Crippen LogP contribution in [0.5, 0.6) is 0 Å². The lowest BCUT2D eigenvalue weighted by atomic mass is 9.97. The molecule has 0 bridgehead atoms. The van der Waals surface area contributed by atoms with Gasteiger partial charge in [-0.15, -0.1) is 0 Å². The molecule has 3 heteroatoms. The average molecular weight is 262 g/mol. The van der Waals surface area contributed by atoms with E-state index in [9.17, 15) is 0 Å². The normalized spacial score (nSPS) is 19.3. The molecule has 1 atom stereocenters. The Morgan fingerprint density at radius 1 is 1.26 bits per heavy atom. The Hall–Kier alpha value is -1.06. The smallest absolute Gasteiger partial charge is 0.0491 e. The highest BCUT2D eigenvalue weighted by atomic mass is 16.5. The Balaban J connectivity index is 1.71. The lowest BCUT2D eigenvalue weighted by molar-refractivity contribution is 0.0859. The maximum absolute atomic E-state index is 5.25. The number of likely N-dealkylation sites (tertiary alicyclic amines) is 1. The van der Waals surface area contributed by atoms with Crippen LogP contribution in [0.4, 0.5) is 5.69 Å². The second-order valence-corrected chi connectivity index (χ2v) is 5.53. The highest BCUT2D eigenvalue weighted by Gasteiger charge is 2.22. The molecule has 106 valence electrons. The number of ether oxygens (including phenoxy) is 1. The lowest BCUT2D eigenvalue weighted by Gasteiger charge is -2.36. The summed E-state index contributed by atoms with van der Waals surface area (Å²) in [6.45, 7) is 6.65. The number of hydrogen-bond acceptors (Lipinski definition) is 3. The number of methoxy groups -OCH3 is 1. The van der Waals surface area contributed by atoms with Crippen molar-refractivity contribution in [1.29, 1.82) is 0 Å². The summed E-state index contributed by atoms with van der Waals surface area (Å²) in [4.78, 5) is 2.59. The Morgan fingerprint density at radius 2 is 1.95 bits per heavy atom. The molecule has 1 aromatic carbocycles. The van der Waals surface area contributed by atoms with E-state index in [0.717, 1.165) is 19.1 Å². The van der Waals surface area contributed by atoms with Gasteiger partial charge in [0.1, 0.15) is 0 Å². The van der Waals surface area contributed by atoms with Crippen molar-refractivity contribution in [3.8, 4) is 0 Å². The molecule has 0 radical (unpaired) electrons. The first-order valence-corrected chi connectivity index (χ1v) is 7.31. The molecule has 0 aromatic heterocycles. The quantitative estimate of drug-likeness (QED) is 0.853. The summed E-state index contributed by atoms with van der Waals surface area (Å²) < 4.78 is 5.25. The van der Waals surface area contributed by atoms with E-state index >= 15 is 0 Å². The van der Waals surface area contributed by atoms with E-state index in [1.807, 2.05) is 0 Å². The summed E-state index contributed by atoms with van der Waals surface area (Å²) in [5.74, 6) is 0.760. The third-order valence-corrected chi connectivity index (χ3v) is 4.05. The van der Waals surface area contributed by atoms with Gasteiger partial charge in [0.05, 0.1) is 0 Å². The van der Waals surface area contributed by atoms with E-state index < -0.39 is 0 Å². The maximum Gasteiger partial charge on any atom is 0.0491 e. The van der Waals surface area contributed by atoms with E-state index in [0.29, 0.717) is 6.04 Å². The number of nitrogens with zero attached hydrogens (tertiary/aromatic N) is 1. The fraction of sp³-hybridized carbons (Fsp3) is 0.625. The third kappa shape index (κ3) is 4.51. The van der Waals surface area contributed by atoms with Gasteiger partial charge in [-0.05, 0) is 50.9 Å². The van der Waals surface area contributed by atoms with E-state index in [1.165, 1.54) is 31.6 Å². The average Bonchev–Trinajstić information content (AvgIpc) is 2.47. The SMILES string of the molecule is COCC1CCN(C(C)CNc2ccccc2)CC1. The van der Waals surface area contributed by atoms with Crippen molar-refractivity contribution >= 4 is 5.69 Å². The number of hydrogen-bond donors (Lipinski definition) is 1. The van der Waals surface area contributed by atoms with Crippen molar-refractivity contribution in [3.05, 3.63) is 30.3 Å². The molecule has 19 heavy (non-hydrogen) atoms. The minimum atomic E-state index is 0.587. The Bertz CT molecular complexity index is 347. The number of anilines is 1. The zero-order valence-corrected chi connectivity index (χ0v) is 12.1. The molecular weight excluding hydrogens is 236 g/mol. The first-order valence-electron chi connectivity index (χ1n) is 7.31. The van der Waals surface area contributed by atoms with Gasteiger partial charge in [-0.2, -0.15) is 0 Å². The van der Waals surface area contributed by atoms with Gasteiger partial charge in [0.25, 0.3) is 0 Å². The summed E-state index contributed by atoms with van der Waals surface area (Å²) in [6, 6.07) is 11.0. The summed E-state index contributed by atoms with van der Waals surface area (Å²) in [6.07, 6.45) is 2.53. The van der Waals surface area contributed by atoms with Crippen molar-refractivity contribution in [2.75, 3.05) is 38.7 Å². The maximum atomic E-state index is 5.25. The molecule has 1 heterocycles. The van der Waals surface area contributed by atoms with Gasteiger partial charge in [0, 0.05) is 32.0 Å². The summed E-state index contributed by atoms with van der Waals surface area (Å²) in [5, 5.41) is 3.51. The summed E-state index contributed by atoms with van der Waals surface area (Å²) in [7, 11) is 1.80. The fourth-order valence-corrected chi connectivity index (χ4v) is 2.75. The Labute approximate surface area is 116 Å². The predicted octanol–water partition coefficient (Wildman–Crippen LogP) is 2.85. The van der Waals surface area contributed by atoms with Crippen LogP contribution in [0.1, 0.15) is 19.8 Å². The van der Waals surface area contributed by atoms with Crippen molar-refractivity contribution in [3.63, 3.8) is 0 Å². The van der Waals surface area contributed by atoms with Crippen LogP contribution in [-0.2, 0) is 4.74 Å². The second kappa shape index (κ2) is 7.51. The van der Waals surface area contributed by atoms with Crippen molar-refractivity contribution in [2.24, 2.45) is 5.92 Å². The van der Waals surface area contributed by atoms with E-state index in [4.69, 9.17) is 4.74 Å². The van der Waals surface area contributed by atoms with E-state index in [2.05, 4.69) is 47.5 Å². The van der Waals surface area contributed by atoms with Gasteiger partial charge in [0.2, 0.25) is 0 Å². The van der Waals surface area contributed by atoms with Crippen LogP contribution in [0, 0.1) is 5.92 Å². The van der Waals surface area contributed by atoms with Crippen molar-refractivity contribution < 1.29 is 4.74 Å². The Morgan fingerprint density at radius 3 is 2.58 bits per heavy atom. The fourth-order valence-electron chi connectivity index (χ4n) is 2.75. The Kier molecular flexibility index (Phi) is 5.67. The molecule has 2 rings (SSSR count). The molecule has 1 aromatic rings. The molecule has 1 N–H and O–H groups in total. The largest absolute Gasteiger partial charge is 0.384 e. The van der Waals surface area contributed by atoms with Crippen molar-refractivity contribution in [2.45, 2.75) is 25.8 Å². The molecule has 1 saturated heterocycles. The highest BCUT2D eigenvalue weighted by molar-refractivity contribution is 5.42. The minimum Gasteiger partial charge on any atom is -0.384 e.